The molecule has 8 bridgehead atoms. The number of aliphatic hydroxyl groups is 1. The zero-order chi connectivity index (χ0) is 58.1. The molecule has 1 saturated heterocycles. The van der Waals surface area contributed by atoms with E-state index >= 15 is 14.4 Å². The van der Waals surface area contributed by atoms with Crippen LogP contribution in [0.1, 0.15) is 203 Å². The average Bonchev–Trinajstić information content (AvgIpc) is 2.98. The largest absolute Gasteiger partial charge is 0.514 e. The third kappa shape index (κ3) is 8.80. The lowest BCUT2D eigenvalue weighted by molar-refractivity contribution is -0.227. The highest BCUT2D eigenvalue weighted by Crippen LogP contribution is 2.86. The molecule has 442 valence electrons. The second-order valence-electron chi connectivity index (χ2n) is 31.3. The van der Waals surface area contributed by atoms with Crippen molar-refractivity contribution in [2.75, 3.05) is 6.61 Å². The maximum atomic E-state index is 16.2. The van der Waals surface area contributed by atoms with Crippen LogP contribution < -0.4 is 4.74 Å². The summed E-state index contributed by atoms with van der Waals surface area (Å²) in [4.78, 5) is 87.9. The molecule has 1 N–H and O–H groups in total. The second kappa shape index (κ2) is 18.6. The van der Waals surface area contributed by atoms with Gasteiger partial charge in [-0.15, -0.1) is 0 Å². The number of ether oxygens (including phenoxy) is 7. The number of rotatable bonds is 17. The summed E-state index contributed by atoms with van der Waals surface area (Å²) in [5.74, 6) is -1.68. The Kier molecular flexibility index (Phi) is 13.4. The van der Waals surface area contributed by atoms with E-state index in [4.69, 9.17) is 33.2 Å². The number of carbonyl (C=O) groups excluding carboxylic acids is 6. The molecule has 1 heterocycles. The van der Waals surface area contributed by atoms with Crippen LogP contribution in [-0.2, 0) is 59.0 Å². The minimum absolute atomic E-state index is 0.145. The van der Waals surface area contributed by atoms with Crippen LogP contribution in [0.15, 0.2) is 12.1 Å². The molecule has 1 aliphatic heterocycles. The van der Waals surface area contributed by atoms with E-state index in [1.165, 1.54) is 6.42 Å². The summed E-state index contributed by atoms with van der Waals surface area (Å²) in [7, 11) is 0. The van der Waals surface area contributed by atoms with Crippen molar-refractivity contribution in [2.24, 2.45) is 97.6 Å². The van der Waals surface area contributed by atoms with Crippen LogP contribution in [0.2, 0.25) is 0 Å². The second-order valence-corrected chi connectivity index (χ2v) is 31.3. The lowest BCUT2D eigenvalue weighted by atomic mass is 9.50. The number of benzene rings is 1. The smallest absolute Gasteiger partial charge is 0.463 e. The van der Waals surface area contributed by atoms with Gasteiger partial charge in [-0.05, 0) is 219 Å². The van der Waals surface area contributed by atoms with Gasteiger partial charge in [0.05, 0.1) is 34.4 Å². The van der Waals surface area contributed by atoms with Crippen molar-refractivity contribution in [1.29, 1.82) is 0 Å². The molecule has 13 rings (SSSR count). The molecule has 13 unspecified atom stereocenters. The van der Waals surface area contributed by atoms with Gasteiger partial charge in [-0.25, -0.2) is 9.59 Å². The highest BCUT2D eigenvalue weighted by atomic mass is 16.7. The number of hydrogen-bond acceptors (Lipinski definition) is 14. The van der Waals surface area contributed by atoms with Gasteiger partial charge in [0.25, 0.3) is 0 Å². The first-order valence-corrected chi connectivity index (χ1v) is 30.8. The van der Waals surface area contributed by atoms with E-state index < -0.39 is 109 Å². The SMILES string of the molecule is Cc1cc(C)c(OC(=O)OC(C)(C)C)c(COC(=O)C(C(C)C)C(C)C2(C)CC2(C(=O)OC23CC4CC(CC(O)(C4)C2)C3)C(C)C2(C)CC2(C(=O)OC2CCOC2=O)C(C)C2(C)CC2(C)C(=O)OC2(C)C3CC4CC(C3)CC2C4)c1. The molecular formula is C66H94O14. The first-order chi connectivity index (χ1) is 37.1. The molecule has 11 saturated carbocycles. The van der Waals surface area contributed by atoms with Gasteiger partial charge < -0.3 is 38.3 Å². The van der Waals surface area contributed by atoms with Crippen LogP contribution >= 0.6 is 0 Å². The van der Waals surface area contributed by atoms with Crippen LogP contribution in [0.4, 0.5) is 4.79 Å². The van der Waals surface area contributed by atoms with Gasteiger partial charge in [-0.3, -0.25) is 19.2 Å². The average molecular weight is 1110 g/mol. The summed E-state index contributed by atoms with van der Waals surface area (Å²) in [6.45, 7) is 29.6. The van der Waals surface area contributed by atoms with Crippen molar-refractivity contribution in [1.82, 2.24) is 0 Å². The minimum atomic E-state index is -1.24. The Morgan fingerprint density at radius 2 is 1.27 bits per heavy atom. The van der Waals surface area contributed by atoms with Gasteiger partial charge in [0.2, 0.25) is 6.10 Å². The van der Waals surface area contributed by atoms with Crippen LogP contribution in [0.25, 0.3) is 0 Å². The van der Waals surface area contributed by atoms with E-state index in [1.807, 2.05) is 53.7 Å². The van der Waals surface area contributed by atoms with Crippen molar-refractivity contribution in [2.45, 2.75) is 235 Å². The molecule has 14 nitrogen and oxygen atoms in total. The number of esters is 5. The van der Waals surface area contributed by atoms with Gasteiger partial charge in [0, 0.05) is 18.4 Å². The molecule has 12 fully saturated rings. The molecule has 0 amide bonds. The molecule has 1 aromatic rings. The Hall–Kier alpha value is -4.20. The van der Waals surface area contributed by atoms with Gasteiger partial charge in [-0.2, -0.15) is 0 Å². The molecule has 14 heteroatoms. The Balaban J connectivity index is 0.918. The molecule has 11 aliphatic carbocycles. The Bertz CT molecular complexity index is 2710. The maximum absolute atomic E-state index is 16.2. The lowest BCUT2D eigenvalue weighted by Gasteiger charge is -2.59. The summed E-state index contributed by atoms with van der Waals surface area (Å²) >= 11 is 0. The predicted octanol–water partition coefficient (Wildman–Crippen LogP) is 12.3. The first kappa shape index (κ1) is 57.6. The fourth-order valence-corrected chi connectivity index (χ4v) is 20.5. The molecule has 0 aromatic heterocycles. The zero-order valence-corrected chi connectivity index (χ0v) is 50.9. The van der Waals surface area contributed by atoms with E-state index in [2.05, 4.69) is 41.5 Å². The topological polar surface area (TPSA) is 187 Å². The molecular weight excluding hydrogens is 1020 g/mol. The molecule has 0 spiro atoms. The highest BCUT2D eigenvalue weighted by Gasteiger charge is 2.87. The van der Waals surface area contributed by atoms with Crippen molar-refractivity contribution in [3.8, 4) is 5.75 Å². The Morgan fingerprint density at radius 3 is 1.84 bits per heavy atom. The highest BCUT2D eigenvalue weighted by molar-refractivity contribution is 5.89. The van der Waals surface area contributed by atoms with Crippen LogP contribution in [0, 0.1) is 111 Å². The third-order valence-corrected chi connectivity index (χ3v) is 25.0. The summed E-state index contributed by atoms with van der Waals surface area (Å²) in [5.41, 5.74) is -6.84. The molecule has 13 atom stereocenters. The fraction of sp³-hybridized carbons (Fsp3) is 0.818. The summed E-state index contributed by atoms with van der Waals surface area (Å²) in [5, 5.41) is 12.0. The first-order valence-electron chi connectivity index (χ1n) is 30.8. The van der Waals surface area contributed by atoms with Gasteiger partial charge >= 0.3 is 36.0 Å². The van der Waals surface area contributed by atoms with E-state index in [0.717, 1.165) is 37.7 Å². The predicted molar refractivity (Wildman–Crippen MR) is 295 cm³/mol. The summed E-state index contributed by atoms with van der Waals surface area (Å²) < 4.78 is 43.2. The molecule has 80 heavy (non-hydrogen) atoms. The Morgan fingerprint density at radius 1 is 0.700 bits per heavy atom. The quantitative estimate of drug-likeness (QED) is 0.0881. The van der Waals surface area contributed by atoms with E-state index in [-0.39, 0.29) is 55.1 Å². The number of cyclic esters (lactones) is 1. The summed E-state index contributed by atoms with van der Waals surface area (Å²) in [6, 6.07) is 3.72. The van der Waals surface area contributed by atoms with E-state index in [0.29, 0.717) is 86.2 Å². The van der Waals surface area contributed by atoms with Crippen molar-refractivity contribution in [3.05, 3.63) is 28.8 Å². The lowest BCUT2D eigenvalue weighted by Crippen LogP contribution is -2.61. The minimum Gasteiger partial charge on any atom is -0.463 e. The number of aryl methyl sites for hydroxylation is 2. The standard InChI is InChI=1S/C66H94O14/c1-35(2)49(52(68)75-30-45-19-36(3)18-37(4)50(45)77-56(72)80-57(8,9)10)38(5)58(11)32-66(58,55(71)79-64-28-43-21-44(29-64)27-63(73,26-43)34-64)40(7)60(13)33-65(60,54(70)76-48-16-17-74-51(48)67)39(6)59(12)31-61(59,14)53(69)78-62(15)46-22-41-20-42(24-46)25-47(62)23-41/h18-19,35,38-44,46-49,73H,16-17,20-34H2,1-15H3. The van der Waals surface area contributed by atoms with E-state index in [1.54, 1.807) is 20.8 Å². The van der Waals surface area contributed by atoms with Crippen molar-refractivity contribution < 1.29 is 67.0 Å². The van der Waals surface area contributed by atoms with Crippen LogP contribution in [-0.4, -0.2) is 76.2 Å². The molecule has 1 aromatic carbocycles. The van der Waals surface area contributed by atoms with Crippen molar-refractivity contribution >= 4 is 36.0 Å². The molecule has 0 radical (unpaired) electrons. The number of hydrogen-bond donors (Lipinski definition) is 1. The third-order valence-electron chi connectivity index (χ3n) is 25.0. The van der Waals surface area contributed by atoms with Crippen LogP contribution in [0.3, 0.4) is 0 Å². The van der Waals surface area contributed by atoms with Gasteiger partial charge in [0.1, 0.15) is 29.2 Å². The fourth-order valence-electron chi connectivity index (χ4n) is 20.5. The van der Waals surface area contributed by atoms with E-state index in [9.17, 15) is 19.5 Å². The van der Waals surface area contributed by atoms with Crippen LogP contribution in [0.5, 0.6) is 5.75 Å². The van der Waals surface area contributed by atoms with Crippen molar-refractivity contribution in [3.63, 3.8) is 0 Å². The number of carbonyl (C=O) groups is 6. The van der Waals surface area contributed by atoms with Gasteiger partial charge in [-0.1, -0.05) is 67.0 Å². The Labute approximate surface area is 475 Å². The zero-order valence-electron chi connectivity index (χ0n) is 50.9. The molecule has 12 aliphatic rings. The van der Waals surface area contributed by atoms with Gasteiger partial charge in [0.15, 0.2) is 0 Å². The summed E-state index contributed by atoms with van der Waals surface area (Å²) in [6.07, 6.45) is 9.35. The monoisotopic (exact) mass is 1110 g/mol. The maximum Gasteiger partial charge on any atom is 0.514 e. The normalized spacial score (nSPS) is 43.9.